The topological polar surface area (TPSA) is 12.0 Å². The molecule has 0 bridgehead atoms. The van der Waals surface area contributed by atoms with E-state index in [1.54, 1.807) is 0 Å². The first-order chi connectivity index (χ1) is 6.34. The highest BCUT2D eigenvalue weighted by Gasteiger charge is 1.97. The lowest BCUT2D eigenvalue weighted by atomic mass is 10.2. The van der Waals surface area contributed by atoms with Gasteiger partial charge in [0.25, 0.3) is 0 Å². The van der Waals surface area contributed by atoms with Crippen molar-refractivity contribution < 1.29 is 0 Å². The maximum atomic E-state index is 3.47. The van der Waals surface area contributed by atoms with Gasteiger partial charge >= 0.3 is 0 Å². The van der Waals surface area contributed by atoms with Gasteiger partial charge in [0, 0.05) is 11.4 Å². The second-order valence-corrected chi connectivity index (χ2v) is 4.41. The number of nitrogens with one attached hydrogen (secondary N) is 1. The quantitative estimate of drug-likeness (QED) is 0.690. The van der Waals surface area contributed by atoms with Crippen LogP contribution in [0, 0.1) is 6.92 Å². The highest BCUT2D eigenvalue weighted by Crippen LogP contribution is 2.14. The fourth-order valence-corrected chi connectivity index (χ4v) is 2.16. The van der Waals surface area contributed by atoms with Gasteiger partial charge in [-0.15, -0.1) is 11.3 Å². The zero-order valence-corrected chi connectivity index (χ0v) is 9.41. The van der Waals surface area contributed by atoms with Gasteiger partial charge in [-0.3, -0.25) is 0 Å². The molecular weight excluding hydrogens is 178 g/mol. The van der Waals surface area contributed by atoms with E-state index >= 15 is 0 Å². The summed E-state index contributed by atoms with van der Waals surface area (Å²) >= 11 is 1.85. The molecule has 13 heavy (non-hydrogen) atoms. The highest BCUT2D eigenvalue weighted by atomic mass is 32.1. The molecule has 0 aliphatic rings. The van der Waals surface area contributed by atoms with Gasteiger partial charge in [-0.1, -0.05) is 19.8 Å². The van der Waals surface area contributed by atoms with Gasteiger partial charge in [0.2, 0.25) is 0 Å². The van der Waals surface area contributed by atoms with Crippen LogP contribution in [0.3, 0.4) is 0 Å². The second-order valence-electron chi connectivity index (χ2n) is 3.41. The molecule has 0 saturated heterocycles. The first-order valence-electron chi connectivity index (χ1n) is 5.08. The number of hydrogen-bond donors (Lipinski definition) is 1. The molecule has 0 radical (unpaired) electrons. The monoisotopic (exact) mass is 197 g/mol. The summed E-state index contributed by atoms with van der Waals surface area (Å²) in [6.07, 6.45) is 3.96. The molecule has 1 aromatic rings. The minimum absolute atomic E-state index is 1.05. The number of hydrogen-bond acceptors (Lipinski definition) is 2. The van der Waals surface area contributed by atoms with E-state index in [4.69, 9.17) is 0 Å². The number of aryl methyl sites for hydroxylation is 1. The molecule has 1 rings (SSSR count). The van der Waals surface area contributed by atoms with Crippen LogP contribution < -0.4 is 5.32 Å². The summed E-state index contributed by atoms with van der Waals surface area (Å²) in [5, 5.41) is 5.64. The lowest BCUT2D eigenvalue weighted by molar-refractivity contribution is 0.619. The first-order valence-corrected chi connectivity index (χ1v) is 5.96. The highest BCUT2D eigenvalue weighted by molar-refractivity contribution is 7.10. The molecule has 0 aliphatic heterocycles. The van der Waals surface area contributed by atoms with Gasteiger partial charge in [-0.2, -0.15) is 0 Å². The Labute approximate surface area is 85.2 Å². The summed E-state index contributed by atoms with van der Waals surface area (Å²) in [5.74, 6) is 0. The van der Waals surface area contributed by atoms with Gasteiger partial charge in [-0.05, 0) is 36.9 Å². The smallest absolute Gasteiger partial charge is 0.0302 e. The maximum Gasteiger partial charge on any atom is 0.0302 e. The van der Waals surface area contributed by atoms with E-state index in [-0.39, 0.29) is 0 Å². The van der Waals surface area contributed by atoms with Crippen molar-refractivity contribution in [1.82, 2.24) is 5.32 Å². The minimum Gasteiger partial charge on any atom is -0.312 e. The van der Waals surface area contributed by atoms with E-state index in [1.807, 2.05) is 11.3 Å². The first kappa shape index (κ1) is 10.7. The Morgan fingerprint density at radius 1 is 1.38 bits per heavy atom. The molecule has 0 atom stereocenters. The Kier molecular flexibility index (Phi) is 5.09. The van der Waals surface area contributed by atoms with Gasteiger partial charge in [0.15, 0.2) is 0 Å². The van der Waals surface area contributed by atoms with Crippen molar-refractivity contribution in [1.29, 1.82) is 0 Å². The minimum atomic E-state index is 1.05. The molecule has 0 spiro atoms. The van der Waals surface area contributed by atoms with E-state index in [9.17, 15) is 0 Å². The molecule has 1 aromatic heterocycles. The van der Waals surface area contributed by atoms with Crippen molar-refractivity contribution >= 4 is 11.3 Å². The fraction of sp³-hybridized carbons (Fsp3) is 0.636. The largest absolute Gasteiger partial charge is 0.312 e. The predicted octanol–water partition coefficient (Wildman–Crippen LogP) is 3.34. The summed E-state index contributed by atoms with van der Waals surface area (Å²) in [4.78, 5) is 1.48. The lowest BCUT2D eigenvalue weighted by Gasteiger charge is -2.02. The molecule has 0 saturated carbocycles. The number of rotatable bonds is 6. The van der Waals surface area contributed by atoms with Crippen LogP contribution in [0.15, 0.2) is 11.4 Å². The van der Waals surface area contributed by atoms with Gasteiger partial charge in [0.05, 0.1) is 0 Å². The van der Waals surface area contributed by atoms with E-state index < -0.39 is 0 Å². The number of thiophene rings is 1. The zero-order chi connectivity index (χ0) is 9.52. The third kappa shape index (κ3) is 3.92. The predicted molar refractivity (Wildman–Crippen MR) is 60.3 cm³/mol. The molecule has 1 heterocycles. The van der Waals surface area contributed by atoms with Gasteiger partial charge < -0.3 is 5.32 Å². The molecule has 0 fully saturated rings. The molecule has 0 aromatic carbocycles. The maximum absolute atomic E-state index is 3.47. The summed E-state index contributed by atoms with van der Waals surface area (Å²) in [6.45, 7) is 6.63. The number of unbranched alkanes of at least 4 members (excludes halogenated alkanes) is 2. The SMILES string of the molecule is CCCCCNCc1sccc1C. The van der Waals surface area contributed by atoms with Gasteiger partial charge in [-0.25, -0.2) is 0 Å². The van der Waals surface area contributed by atoms with Crippen molar-refractivity contribution in [3.63, 3.8) is 0 Å². The van der Waals surface area contributed by atoms with Crippen molar-refractivity contribution in [2.75, 3.05) is 6.54 Å². The summed E-state index contributed by atoms with van der Waals surface area (Å²) < 4.78 is 0. The van der Waals surface area contributed by atoms with Crippen molar-refractivity contribution in [2.45, 2.75) is 39.7 Å². The van der Waals surface area contributed by atoms with Crippen LogP contribution in [0.25, 0.3) is 0 Å². The second kappa shape index (κ2) is 6.17. The van der Waals surface area contributed by atoms with E-state index in [1.165, 1.54) is 29.7 Å². The summed E-state index contributed by atoms with van der Waals surface area (Å²) in [7, 11) is 0. The summed E-state index contributed by atoms with van der Waals surface area (Å²) in [5.41, 5.74) is 1.42. The van der Waals surface area contributed by atoms with Crippen LogP contribution in [0.2, 0.25) is 0 Å². The van der Waals surface area contributed by atoms with E-state index in [0.29, 0.717) is 0 Å². The molecule has 0 aliphatic carbocycles. The van der Waals surface area contributed by atoms with Crippen molar-refractivity contribution in [3.8, 4) is 0 Å². The fourth-order valence-electron chi connectivity index (χ4n) is 1.29. The van der Waals surface area contributed by atoms with E-state index in [2.05, 4.69) is 30.6 Å². The summed E-state index contributed by atoms with van der Waals surface area (Å²) in [6, 6.07) is 2.19. The molecule has 2 heteroatoms. The molecule has 0 unspecified atom stereocenters. The van der Waals surface area contributed by atoms with E-state index in [0.717, 1.165) is 13.1 Å². The normalized spacial score (nSPS) is 10.6. The Bertz CT molecular complexity index is 230. The zero-order valence-electron chi connectivity index (χ0n) is 8.60. The Balaban J connectivity index is 2.10. The van der Waals surface area contributed by atoms with Crippen molar-refractivity contribution in [2.24, 2.45) is 0 Å². The molecule has 74 valence electrons. The van der Waals surface area contributed by atoms with Crippen LogP contribution in [0.1, 0.15) is 36.6 Å². The molecule has 1 N–H and O–H groups in total. The van der Waals surface area contributed by atoms with Crippen LogP contribution in [-0.2, 0) is 6.54 Å². The standard InChI is InChI=1S/C11H19NS/c1-3-4-5-7-12-9-11-10(2)6-8-13-11/h6,8,12H,3-5,7,9H2,1-2H3. The molecular formula is C11H19NS. The van der Waals surface area contributed by atoms with Crippen molar-refractivity contribution in [3.05, 3.63) is 21.9 Å². The lowest BCUT2D eigenvalue weighted by Crippen LogP contribution is -2.14. The van der Waals surface area contributed by atoms with Crippen LogP contribution in [-0.4, -0.2) is 6.54 Å². The Morgan fingerprint density at radius 3 is 2.85 bits per heavy atom. The average molecular weight is 197 g/mol. The van der Waals surface area contributed by atoms with Crippen LogP contribution in [0.4, 0.5) is 0 Å². The third-order valence-electron chi connectivity index (χ3n) is 2.21. The van der Waals surface area contributed by atoms with Crippen LogP contribution >= 0.6 is 11.3 Å². The average Bonchev–Trinajstić information content (AvgIpc) is 2.52. The molecule has 1 nitrogen and oxygen atoms in total. The Hall–Kier alpha value is -0.340. The van der Waals surface area contributed by atoms with Crippen LogP contribution in [0.5, 0.6) is 0 Å². The Morgan fingerprint density at radius 2 is 2.23 bits per heavy atom. The molecule has 0 amide bonds. The third-order valence-corrected chi connectivity index (χ3v) is 3.23. The van der Waals surface area contributed by atoms with Gasteiger partial charge in [0.1, 0.15) is 0 Å².